The first-order valence-electron chi connectivity index (χ1n) is 6.74. The Morgan fingerprint density at radius 3 is 2.70 bits per heavy atom. The largest absolute Gasteiger partial charge is 0.478 e. The molecule has 0 unspecified atom stereocenters. The summed E-state index contributed by atoms with van der Waals surface area (Å²) in [5.41, 5.74) is 5.24. The van der Waals surface area contributed by atoms with Crippen molar-refractivity contribution in [2.45, 2.75) is 32.6 Å². The molecule has 0 saturated carbocycles. The van der Waals surface area contributed by atoms with E-state index >= 15 is 0 Å². The van der Waals surface area contributed by atoms with E-state index in [2.05, 4.69) is 31.0 Å². The molecule has 0 atom stereocenters. The molecule has 1 N–H and O–H groups in total. The second-order valence-corrected chi connectivity index (χ2v) is 6.04. The third-order valence-corrected chi connectivity index (χ3v) is 4.07. The first-order chi connectivity index (χ1) is 9.40. The fourth-order valence-corrected chi connectivity index (χ4v) is 3.08. The monoisotopic (exact) mass is 267 g/mol. The lowest BCUT2D eigenvalue weighted by molar-refractivity contribution is 0.0695. The Morgan fingerprint density at radius 1 is 1.30 bits per heavy atom. The van der Waals surface area contributed by atoms with E-state index in [1.807, 2.05) is 12.1 Å². The molecule has 0 spiro atoms. The topological polar surface area (TPSA) is 50.2 Å². The molecule has 0 radical (unpaired) electrons. The van der Waals surface area contributed by atoms with Crippen LogP contribution in [0.2, 0.25) is 0 Å². The number of pyridine rings is 1. The average Bonchev–Trinajstić information content (AvgIpc) is 2.39. The lowest BCUT2D eigenvalue weighted by atomic mass is 9.71. The molecule has 3 heteroatoms. The van der Waals surface area contributed by atoms with E-state index in [1.165, 1.54) is 5.56 Å². The number of carbonyl (C=O) groups is 1. The van der Waals surface area contributed by atoms with Gasteiger partial charge in [-0.25, -0.2) is 4.79 Å². The van der Waals surface area contributed by atoms with Crippen LogP contribution >= 0.6 is 0 Å². The Kier molecular flexibility index (Phi) is 2.68. The van der Waals surface area contributed by atoms with Gasteiger partial charge in [-0.05, 0) is 36.0 Å². The van der Waals surface area contributed by atoms with E-state index in [4.69, 9.17) is 0 Å². The van der Waals surface area contributed by atoms with Crippen LogP contribution in [-0.4, -0.2) is 16.1 Å². The van der Waals surface area contributed by atoms with Crippen LogP contribution in [-0.2, 0) is 11.8 Å². The predicted octanol–water partition coefficient (Wildman–Crippen LogP) is 3.59. The summed E-state index contributed by atoms with van der Waals surface area (Å²) in [6.07, 6.45) is 0.812. The van der Waals surface area contributed by atoms with E-state index < -0.39 is 5.97 Å². The maximum absolute atomic E-state index is 11.3. The van der Waals surface area contributed by atoms with Gasteiger partial charge in [0.25, 0.3) is 0 Å². The number of hydrogen-bond donors (Lipinski definition) is 1. The fraction of sp³-hybridized carbons (Fsp3) is 0.294. The van der Waals surface area contributed by atoms with Gasteiger partial charge < -0.3 is 5.11 Å². The molecule has 1 aromatic carbocycles. The van der Waals surface area contributed by atoms with Gasteiger partial charge in [0.2, 0.25) is 0 Å². The van der Waals surface area contributed by atoms with Crippen LogP contribution in [0.25, 0.3) is 11.3 Å². The first kappa shape index (κ1) is 12.9. The fourth-order valence-electron chi connectivity index (χ4n) is 3.08. The normalized spacial score (nSPS) is 15.3. The SMILES string of the molecule is Cc1nc2c(cc1C(=O)O)CC(C)(C)c1ccccc1-2. The Labute approximate surface area is 118 Å². The summed E-state index contributed by atoms with van der Waals surface area (Å²) in [4.78, 5) is 15.8. The highest BCUT2D eigenvalue weighted by molar-refractivity contribution is 5.90. The standard InChI is InChI=1S/C17H17NO2/c1-10-13(16(19)20)8-11-9-17(2,3)14-7-5-4-6-12(14)15(11)18-10/h4-8H,9H2,1-3H3,(H,19,20). The van der Waals surface area contributed by atoms with Crippen molar-refractivity contribution in [2.75, 3.05) is 0 Å². The van der Waals surface area contributed by atoms with Crippen molar-refractivity contribution < 1.29 is 9.90 Å². The van der Waals surface area contributed by atoms with Gasteiger partial charge >= 0.3 is 5.97 Å². The highest BCUT2D eigenvalue weighted by Gasteiger charge is 2.32. The third-order valence-electron chi connectivity index (χ3n) is 4.07. The van der Waals surface area contributed by atoms with Crippen LogP contribution in [0.15, 0.2) is 30.3 Å². The molecule has 1 heterocycles. The molecule has 0 aliphatic heterocycles. The van der Waals surface area contributed by atoms with E-state index in [9.17, 15) is 9.90 Å². The molecule has 0 amide bonds. The molecule has 1 aliphatic carbocycles. The van der Waals surface area contributed by atoms with Crippen LogP contribution < -0.4 is 0 Å². The molecule has 20 heavy (non-hydrogen) atoms. The van der Waals surface area contributed by atoms with Gasteiger partial charge in [-0.15, -0.1) is 0 Å². The van der Waals surface area contributed by atoms with Crippen molar-refractivity contribution in [3.63, 3.8) is 0 Å². The highest BCUT2D eigenvalue weighted by atomic mass is 16.4. The number of rotatable bonds is 1. The highest BCUT2D eigenvalue weighted by Crippen LogP contribution is 2.42. The number of aromatic carboxylic acids is 1. The Balaban J connectivity index is 2.30. The summed E-state index contributed by atoms with van der Waals surface area (Å²) >= 11 is 0. The van der Waals surface area contributed by atoms with Gasteiger partial charge in [0.15, 0.2) is 0 Å². The van der Waals surface area contributed by atoms with Crippen LogP contribution in [0.5, 0.6) is 0 Å². The number of aryl methyl sites for hydroxylation is 1. The van der Waals surface area contributed by atoms with Gasteiger partial charge in [-0.1, -0.05) is 38.1 Å². The van der Waals surface area contributed by atoms with Crippen molar-refractivity contribution >= 4 is 5.97 Å². The molecule has 0 bridgehead atoms. The molecule has 0 saturated heterocycles. The number of carboxylic acids is 1. The first-order valence-corrected chi connectivity index (χ1v) is 6.74. The van der Waals surface area contributed by atoms with Gasteiger partial charge in [-0.2, -0.15) is 0 Å². The summed E-state index contributed by atoms with van der Waals surface area (Å²) in [5, 5.41) is 9.25. The van der Waals surface area contributed by atoms with Crippen LogP contribution in [0.4, 0.5) is 0 Å². The number of aromatic nitrogens is 1. The Hall–Kier alpha value is -2.16. The number of carboxylic acid groups (broad SMARTS) is 1. The van der Waals surface area contributed by atoms with E-state index in [1.54, 1.807) is 13.0 Å². The van der Waals surface area contributed by atoms with Crippen molar-refractivity contribution in [1.29, 1.82) is 0 Å². The maximum atomic E-state index is 11.3. The smallest absolute Gasteiger partial charge is 0.337 e. The van der Waals surface area contributed by atoms with Gasteiger partial charge in [0.05, 0.1) is 17.0 Å². The Bertz CT molecular complexity index is 717. The van der Waals surface area contributed by atoms with Gasteiger partial charge in [-0.3, -0.25) is 4.98 Å². The summed E-state index contributed by atoms with van der Waals surface area (Å²) < 4.78 is 0. The molecule has 3 nitrogen and oxygen atoms in total. The average molecular weight is 267 g/mol. The predicted molar refractivity (Wildman–Crippen MR) is 78.1 cm³/mol. The number of hydrogen-bond acceptors (Lipinski definition) is 2. The summed E-state index contributed by atoms with van der Waals surface area (Å²) in [6, 6.07) is 10.1. The molecule has 102 valence electrons. The van der Waals surface area contributed by atoms with Crippen LogP contribution in [0.1, 0.15) is 41.0 Å². The molecule has 2 aromatic rings. The molecular weight excluding hydrogens is 250 g/mol. The van der Waals surface area contributed by atoms with E-state index in [-0.39, 0.29) is 5.41 Å². The van der Waals surface area contributed by atoms with Crippen molar-refractivity contribution in [3.05, 3.63) is 52.7 Å². The summed E-state index contributed by atoms with van der Waals surface area (Å²) in [6.45, 7) is 6.14. The summed E-state index contributed by atoms with van der Waals surface area (Å²) in [5.74, 6) is -0.908. The Morgan fingerprint density at radius 2 is 2.00 bits per heavy atom. The zero-order chi connectivity index (χ0) is 14.5. The van der Waals surface area contributed by atoms with Crippen LogP contribution in [0.3, 0.4) is 0 Å². The minimum absolute atomic E-state index is 0.00367. The number of benzene rings is 1. The van der Waals surface area contributed by atoms with Crippen molar-refractivity contribution in [3.8, 4) is 11.3 Å². The lowest BCUT2D eigenvalue weighted by Gasteiger charge is -2.33. The van der Waals surface area contributed by atoms with Crippen molar-refractivity contribution in [1.82, 2.24) is 4.98 Å². The quantitative estimate of drug-likeness (QED) is 0.859. The lowest BCUT2D eigenvalue weighted by Crippen LogP contribution is -2.26. The summed E-state index contributed by atoms with van der Waals surface area (Å²) in [7, 11) is 0. The molecule has 0 fully saturated rings. The van der Waals surface area contributed by atoms with Crippen molar-refractivity contribution in [2.24, 2.45) is 0 Å². The van der Waals surface area contributed by atoms with Gasteiger partial charge in [0, 0.05) is 5.56 Å². The minimum atomic E-state index is -0.908. The zero-order valence-corrected chi connectivity index (χ0v) is 11.9. The molecule has 3 rings (SSSR count). The zero-order valence-electron chi connectivity index (χ0n) is 11.9. The number of fused-ring (bicyclic) bond motifs is 3. The van der Waals surface area contributed by atoms with Crippen LogP contribution in [0, 0.1) is 6.92 Å². The third kappa shape index (κ3) is 1.82. The minimum Gasteiger partial charge on any atom is -0.478 e. The van der Waals surface area contributed by atoms with Gasteiger partial charge in [0.1, 0.15) is 0 Å². The van der Waals surface area contributed by atoms with E-state index in [0.29, 0.717) is 11.3 Å². The maximum Gasteiger partial charge on any atom is 0.337 e. The number of nitrogens with zero attached hydrogens (tertiary/aromatic N) is 1. The molecular formula is C17H17NO2. The second-order valence-electron chi connectivity index (χ2n) is 6.04. The molecule has 1 aliphatic rings. The van der Waals surface area contributed by atoms with E-state index in [0.717, 1.165) is 23.2 Å². The second kappa shape index (κ2) is 4.17. The molecule has 1 aromatic heterocycles.